The Morgan fingerprint density at radius 1 is 1.12 bits per heavy atom. The largest absolute Gasteiger partial charge is 0.465 e. The molecule has 1 spiro atoms. The number of likely N-dealkylation sites (tertiary alicyclic amines) is 1. The Labute approximate surface area is 200 Å². The summed E-state index contributed by atoms with van der Waals surface area (Å²) in [5, 5.41) is 10.1. The van der Waals surface area contributed by atoms with Crippen LogP contribution in [-0.4, -0.2) is 82.3 Å². The van der Waals surface area contributed by atoms with E-state index in [4.69, 9.17) is 9.47 Å². The van der Waals surface area contributed by atoms with E-state index in [9.17, 15) is 19.5 Å². The van der Waals surface area contributed by atoms with Crippen molar-refractivity contribution in [3.63, 3.8) is 0 Å². The lowest BCUT2D eigenvalue weighted by atomic mass is 9.78. The highest BCUT2D eigenvalue weighted by atomic mass is 16.6. The van der Waals surface area contributed by atoms with E-state index < -0.39 is 41.6 Å². The second kappa shape index (κ2) is 9.46. The Morgan fingerprint density at radius 2 is 1.91 bits per heavy atom. The summed E-state index contributed by atoms with van der Waals surface area (Å²) in [6.45, 7) is 2.41. The average Bonchev–Trinajstić information content (AvgIpc) is 3.26. The summed E-state index contributed by atoms with van der Waals surface area (Å²) in [7, 11) is 0. The number of amides is 2. The summed E-state index contributed by atoms with van der Waals surface area (Å²) >= 11 is 0. The third-order valence-electron chi connectivity index (χ3n) is 8.41. The zero-order valence-corrected chi connectivity index (χ0v) is 19.9. The number of nitrogens with zero attached hydrogens (tertiary/aromatic N) is 2. The number of allylic oxidation sites excluding steroid dienone is 1. The van der Waals surface area contributed by atoms with Gasteiger partial charge in [0, 0.05) is 12.6 Å². The number of aliphatic hydroxyl groups excluding tert-OH is 1. The van der Waals surface area contributed by atoms with Gasteiger partial charge in [-0.25, -0.2) is 0 Å². The monoisotopic (exact) mass is 472 g/mol. The molecular weight excluding hydrogens is 436 g/mol. The lowest BCUT2D eigenvalue weighted by Crippen LogP contribution is -2.59. The smallest absolute Gasteiger partial charge is 0.312 e. The number of carbonyl (C=O) groups is 3. The predicted octanol–water partition coefficient (Wildman–Crippen LogP) is 1.96. The lowest BCUT2D eigenvalue weighted by molar-refractivity contribution is -0.156. The zero-order valence-electron chi connectivity index (χ0n) is 19.9. The van der Waals surface area contributed by atoms with Crippen molar-refractivity contribution in [2.75, 3.05) is 19.8 Å². The van der Waals surface area contributed by atoms with Crippen molar-refractivity contribution >= 4 is 17.8 Å². The molecule has 1 unspecified atom stereocenters. The minimum atomic E-state index is -1.25. The van der Waals surface area contributed by atoms with E-state index in [1.54, 1.807) is 4.90 Å². The molecule has 6 atom stereocenters. The zero-order chi connectivity index (χ0) is 23.9. The molecule has 2 saturated heterocycles. The van der Waals surface area contributed by atoms with E-state index in [1.807, 2.05) is 36.1 Å². The first-order chi connectivity index (χ1) is 16.5. The average molecular weight is 473 g/mol. The molecule has 5 aliphatic rings. The SMILES string of the molecule is CC[C@@H](CO)N1C(=O)[C@@H]2[C@H]3C(=O)OCCC/C=C\[C@H]3O[C@@]23C=CCN(C2CCCCC2)C(=O)C13. The number of aliphatic hydroxyl groups is 1. The predicted molar refractivity (Wildman–Crippen MR) is 123 cm³/mol. The maximum absolute atomic E-state index is 14.2. The van der Waals surface area contributed by atoms with Crippen LogP contribution < -0.4 is 0 Å². The first-order valence-electron chi connectivity index (χ1n) is 13.0. The van der Waals surface area contributed by atoms with Gasteiger partial charge in [-0.1, -0.05) is 50.5 Å². The minimum Gasteiger partial charge on any atom is -0.465 e. The Kier molecular flexibility index (Phi) is 6.55. The molecule has 0 aromatic rings. The summed E-state index contributed by atoms with van der Waals surface area (Å²) in [6.07, 6.45) is 14.3. The number of cyclic esters (lactones) is 1. The number of hydrogen-bond donors (Lipinski definition) is 1. The van der Waals surface area contributed by atoms with Gasteiger partial charge in [0.05, 0.1) is 31.3 Å². The van der Waals surface area contributed by atoms with Gasteiger partial charge in [-0.15, -0.1) is 0 Å². The van der Waals surface area contributed by atoms with E-state index in [1.165, 1.54) is 6.42 Å². The molecule has 1 saturated carbocycles. The van der Waals surface area contributed by atoms with Gasteiger partial charge in [0.25, 0.3) is 0 Å². The van der Waals surface area contributed by atoms with E-state index in [0.29, 0.717) is 19.6 Å². The maximum Gasteiger partial charge on any atom is 0.312 e. The minimum absolute atomic E-state index is 0.134. The highest BCUT2D eigenvalue weighted by Gasteiger charge is 2.72. The van der Waals surface area contributed by atoms with Crippen molar-refractivity contribution in [3.05, 3.63) is 24.3 Å². The number of fused-ring (bicyclic) bond motifs is 2. The van der Waals surface area contributed by atoms with Crippen LogP contribution in [0.1, 0.15) is 58.3 Å². The second-order valence-electron chi connectivity index (χ2n) is 10.3. The van der Waals surface area contributed by atoms with Gasteiger partial charge in [0.15, 0.2) is 0 Å². The number of esters is 1. The molecule has 5 rings (SSSR count). The summed E-state index contributed by atoms with van der Waals surface area (Å²) in [5.74, 6) is -2.55. The van der Waals surface area contributed by atoms with Gasteiger partial charge < -0.3 is 24.4 Å². The fourth-order valence-corrected chi connectivity index (χ4v) is 6.74. The molecule has 8 heteroatoms. The lowest BCUT2D eigenvalue weighted by Gasteiger charge is -2.41. The maximum atomic E-state index is 14.2. The molecule has 4 aliphatic heterocycles. The number of hydrogen-bond acceptors (Lipinski definition) is 6. The number of carbonyl (C=O) groups excluding carboxylic acids is 3. The fraction of sp³-hybridized carbons (Fsp3) is 0.731. The topological polar surface area (TPSA) is 96.4 Å². The van der Waals surface area contributed by atoms with Gasteiger partial charge in [0.1, 0.15) is 17.6 Å². The standard InChI is InChI=1S/C26H36N2O6/c1-2-17(16-29)28-22-24(31)27(18-10-5-3-6-11-18)14-9-13-26(22)21(23(28)30)20-19(34-26)12-7-4-8-15-33-25(20)32/h7,9,12-13,17-22,29H,2-6,8,10-11,14-16H2,1H3/b12-7-/t17-,19+,20-,21-,22?,26-/m0/s1. The van der Waals surface area contributed by atoms with Crippen LogP contribution in [0.4, 0.5) is 0 Å². The molecule has 0 aromatic carbocycles. The molecule has 2 amide bonds. The Bertz CT molecular complexity index is 877. The molecule has 4 heterocycles. The normalized spacial score (nSPS) is 38.2. The van der Waals surface area contributed by atoms with Crippen molar-refractivity contribution < 1.29 is 29.0 Å². The summed E-state index contributed by atoms with van der Waals surface area (Å²) in [4.78, 5) is 44.9. The van der Waals surface area contributed by atoms with Crippen LogP contribution in [0.2, 0.25) is 0 Å². The Morgan fingerprint density at radius 3 is 2.65 bits per heavy atom. The molecule has 8 nitrogen and oxygen atoms in total. The molecule has 186 valence electrons. The highest BCUT2D eigenvalue weighted by Crippen LogP contribution is 2.54. The van der Waals surface area contributed by atoms with E-state index in [0.717, 1.165) is 38.5 Å². The quantitative estimate of drug-likeness (QED) is 0.496. The van der Waals surface area contributed by atoms with Crippen molar-refractivity contribution in [1.82, 2.24) is 9.80 Å². The van der Waals surface area contributed by atoms with Crippen molar-refractivity contribution in [2.45, 2.75) is 88.1 Å². The van der Waals surface area contributed by atoms with Gasteiger partial charge in [-0.05, 0) is 32.1 Å². The van der Waals surface area contributed by atoms with Gasteiger partial charge in [0.2, 0.25) is 11.8 Å². The number of rotatable bonds is 4. The molecule has 0 radical (unpaired) electrons. The van der Waals surface area contributed by atoms with Crippen LogP contribution >= 0.6 is 0 Å². The van der Waals surface area contributed by atoms with Crippen LogP contribution in [0.5, 0.6) is 0 Å². The molecule has 1 N–H and O–H groups in total. The van der Waals surface area contributed by atoms with Gasteiger partial charge >= 0.3 is 5.97 Å². The Balaban J connectivity index is 1.60. The van der Waals surface area contributed by atoms with Gasteiger partial charge in [-0.3, -0.25) is 14.4 Å². The van der Waals surface area contributed by atoms with Crippen molar-refractivity contribution in [1.29, 1.82) is 0 Å². The first-order valence-corrected chi connectivity index (χ1v) is 13.0. The number of ether oxygens (including phenoxy) is 2. The van der Waals surface area contributed by atoms with E-state index in [2.05, 4.69) is 0 Å². The first kappa shape index (κ1) is 23.5. The summed E-state index contributed by atoms with van der Waals surface area (Å²) < 4.78 is 12.1. The third-order valence-corrected chi connectivity index (χ3v) is 8.41. The van der Waals surface area contributed by atoms with Crippen LogP contribution in [-0.2, 0) is 23.9 Å². The fourth-order valence-electron chi connectivity index (χ4n) is 6.74. The van der Waals surface area contributed by atoms with Crippen LogP contribution in [0.15, 0.2) is 24.3 Å². The van der Waals surface area contributed by atoms with Crippen LogP contribution in [0.25, 0.3) is 0 Å². The van der Waals surface area contributed by atoms with Crippen LogP contribution in [0, 0.1) is 11.8 Å². The molecular formula is C26H36N2O6. The third kappa shape index (κ3) is 3.61. The highest BCUT2D eigenvalue weighted by molar-refractivity contribution is 5.99. The van der Waals surface area contributed by atoms with E-state index >= 15 is 0 Å². The van der Waals surface area contributed by atoms with Crippen molar-refractivity contribution in [3.8, 4) is 0 Å². The molecule has 34 heavy (non-hydrogen) atoms. The van der Waals surface area contributed by atoms with Crippen LogP contribution in [0.3, 0.4) is 0 Å². The molecule has 0 aromatic heterocycles. The second-order valence-corrected chi connectivity index (χ2v) is 10.3. The van der Waals surface area contributed by atoms with Crippen molar-refractivity contribution in [2.24, 2.45) is 11.8 Å². The van der Waals surface area contributed by atoms with Gasteiger partial charge in [-0.2, -0.15) is 0 Å². The molecule has 0 bridgehead atoms. The summed E-state index contributed by atoms with van der Waals surface area (Å²) in [6, 6.07) is -1.29. The van der Waals surface area contributed by atoms with E-state index in [-0.39, 0.29) is 24.5 Å². The Hall–Kier alpha value is -2.19. The molecule has 3 fully saturated rings. The molecule has 1 aliphatic carbocycles. The summed E-state index contributed by atoms with van der Waals surface area (Å²) in [5.41, 5.74) is -1.25.